The van der Waals surface area contributed by atoms with Gasteiger partial charge < -0.3 is 5.32 Å². The van der Waals surface area contributed by atoms with Gasteiger partial charge in [0.05, 0.1) is 0 Å². The van der Waals surface area contributed by atoms with Crippen molar-refractivity contribution in [3.8, 4) is 0 Å². The number of hydrogen-bond donors (Lipinski definition) is 1. The topological polar surface area (TPSA) is 12.0 Å². The van der Waals surface area contributed by atoms with Gasteiger partial charge in [0.15, 0.2) is 0 Å². The second kappa shape index (κ2) is 5.04. The zero-order valence-corrected chi connectivity index (χ0v) is 11.1. The third-order valence-electron chi connectivity index (χ3n) is 3.89. The van der Waals surface area contributed by atoms with E-state index >= 15 is 0 Å². The van der Waals surface area contributed by atoms with Crippen LogP contribution in [0.1, 0.15) is 23.1 Å². The average Bonchev–Trinajstić information content (AvgIpc) is 2.42. The van der Waals surface area contributed by atoms with E-state index in [0.717, 1.165) is 30.5 Å². The van der Waals surface area contributed by atoms with E-state index in [4.69, 9.17) is 0 Å². The Morgan fingerprint density at radius 1 is 1.11 bits per heavy atom. The number of nitrogens with one attached hydrogen (secondary N) is 1. The average molecular weight is 255 g/mol. The summed E-state index contributed by atoms with van der Waals surface area (Å²) in [4.78, 5) is 0. The maximum Gasteiger partial charge on any atom is 0.123 e. The van der Waals surface area contributed by atoms with Gasteiger partial charge in [0.2, 0.25) is 0 Å². The summed E-state index contributed by atoms with van der Waals surface area (Å²) >= 11 is 0. The third kappa shape index (κ3) is 2.62. The zero-order valence-electron chi connectivity index (χ0n) is 11.1. The first-order valence-electron chi connectivity index (χ1n) is 6.82. The largest absolute Gasteiger partial charge is 0.382 e. The molecule has 0 fully saturated rings. The molecule has 19 heavy (non-hydrogen) atoms. The highest BCUT2D eigenvalue weighted by atomic mass is 19.1. The molecule has 1 aliphatic rings. The Hall–Kier alpha value is -1.83. The minimum Gasteiger partial charge on any atom is -0.382 e. The summed E-state index contributed by atoms with van der Waals surface area (Å²) in [6.45, 7) is 1.95. The van der Waals surface area contributed by atoms with E-state index in [1.54, 1.807) is 6.07 Å². The van der Waals surface area contributed by atoms with Gasteiger partial charge in [0, 0.05) is 11.7 Å². The lowest BCUT2D eigenvalue weighted by molar-refractivity contribution is 0.608. The van der Waals surface area contributed by atoms with Gasteiger partial charge in [-0.25, -0.2) is 4.39 Å². The first kappa shape index (κ1) is 12.2. The van der Waals surface area contributed by atoms with Gasteiger partial charge in [-0.2, -0.15) is 0 Å². The van der Waals surface area contributed by atoms with Crippen molar-refractivity contribution in [2.24, 2.45) is 0 Å². The molecule has 0 heterocycles. The Bertz CT molecular complexity index is 592. The van der Waals surface area contributed by atoms with Crippen LogP contribution in [0.15, 0.2) is 42.5 Å². The van der Waals surface area contributed by atoms with E-state index in [2.05, 4.69) is 29.6 Å². The molecule has 0 saturated heterocycles. The van der Waals surface area contributed by atoms with E-state index in [0.29, 0.717) is 6.04 Å². The van der Waals surface area contributed by atoms with Crippen molar-refractivity contribution in [3.05, 3.63) is 65.0 Å². The minimum atomic E-state index is -0.169. The summed E-state index contributed by atoms with van der Waals surface area (Å²) in [6, 6.07) is 14.0. The van der Waals surface area contributed by atoms with Crippen LogP contribution >= 0.6 is 0 Å². The number of hydrogen-bond acceptors (Lipinski definition) is 1. The van der Waals surface area contributed by atoms with Gasteiger partial charge in [0.25, 0.3) is 0 Å². The SMILES string of the molecule is Cc1cc(F)ccc1NC1CCc2ccccc2C1. The standard InChI is InChI=1S/C17H18FN/c1-12-10-15(18)7-9-17(12)19-16-8-6-13-4-2-3-5-14(13)11-16/h2-5,7,9-10,16,19H,6,8,11H2,1H3. The molecule has 0 amide bonds. The highest BCUT2D eigenvalue weighted by Gasteiger charge is 2.18. The maximum atomic E-state index is 13.1. The van der Waals surface area contributed by atoms with Crippen LogP contribution in [0.3, 0.4) is 0 Å². The summed E-state index contributed by atoms with van der Waals surface area (Å²) in [5.41, 5.74) is 4.92. The van der Waals surface area contributed by atoms with Crippen molar-refractivity contribution in [1.29, 1.82) is 0 Å². The Morgan fingerprint density at radius 3 is 2.68 bits per heavy atom. The molecule has 1 aliphatic carbocycles. The van der Waals surface area contributed by atoms with E-state index in [-0.39, 0.29) is 5.82 Å². The molecule has 0 bridgehead atoms. The molecule has 1 N–H and O–H groups in total. The molecule has 0 spiro atoms. The summed E-state index contributed by atoms with van der Waals surface area (Å²) in [7, 11) is 0. The van der Waals surface area contributed by atoms with Crippen molar-refractivity contribution < 1.29 is 4.39 Å². The molecule has 98 valence electrons. The number of halogens is 1. The minimum absolute atomic E-state index is 0.169. The van der Waals surface area contributed by atoms with Crippen molar-refractivity contribution >= 4 is 5.69 Å². The Labute approximate surface area is 113 Å². The molecule has 0 radical (unpaired) electrons. The van der Waals surface area contributed by atoms with Crippen LogP contribution in [0, 0.1) is 12.7 Å². The normalized spacial score (nSPS) is 17.9. The lowest BCUT2D eigenvalue weighted by Crippen LogP contribution is -2.27. The highest BCUT2D eigenvalue weighted by molar-refractivity contribution is 5.52. The smallest absolute Gasteiger partial charge is 0.123 e. The Kier molecular flexibility index (Phi) is 3.24. The van der Waals surface area contributed by atoms with Gasteiger partial charge in [-0.1, -0.05) is 24.3 Å². The number of aryl methyl sites for hydroxylation is 2. The fourth-order valence-corrected chi connectivity index (χ4v) is 2.83. The van der Waals surface area contributed by atoms with Crippen LogP contribution < -0.4 is 5.32 Å². The predicted molar refractivity (Wildman–Crippen MR) is 77.0 cm³/mol. The summed E-state index contributed by atoms with van der Waals surface area (Å²) in [5.74, 6) is -0.169. The fourth-order valence-electron chi connectivity index (χ4n) is 2.83. The zero-order chi connectivity index (χ0) is 13.2. The van der Waals surface area contributed by atoms with Crippen LogP contribution in [0.2, 0.25) is 0 Å². The summed E-state index contributed by atoms with van der Waals surface area (Å²) in [5, 5.41) is 3.55. The number of fused-ring (bicyclic) bond motifs is 1. The second-order valence-electron chi connectivity index (χ2n) is 5.31. The van der Waals surface area contributed by atoms with Gasteiger partial charge in [0.1, 0.15) is 5.82 Å². The molecule has 1 nitrogen and oxygen atoms in total. The van der Waals surface area contributed by atoms with Gasteiger partial charge in [-0.3, -0.25) is 0 Å². The molecule has 1 unspecified atom stereocenters. The summed E-state index contributed by atoms with van der Waals surface area (Å²) < 4.78 is 13.1. The molecular formula is C17H18FN. The van der Waals surface area contributed by atoms with E-state index in [9.17, 15) is 4.39 Å². The van der Waals surface area contributed by atoms with Gasteiger partial charge in [-0.05, 0) is 61.1 Å². The Balaban J connectivity index is 1.75. The lowest BCUT2D eigenvalue weighted by atomic mass is 9.88. The quantitative estimate of drug-likeness (QED) is 0.851. The van der Waals surface area contributed by atoms with E-state index in [1.165, 1.54) is 17.2 Å². The summed E-state index contributed by atoms with van der Waals surface area (Å²) in [6.07, 6.45) is 3.30. The van der Waals surface area contributed by atoms with Crippen LogP contribution in [0.4, 0.5) is 10.1 Å². The van der Waals surface area contributed by atoms with E-state index in [1.807, 2.05) is 13.0 Å². The molecule has 0 aliphatic heterocycles. The monoisotopic (exact) mass is 255 g/mol. The van der Waals surface area contributed by atoms with Crippen LogP contribution in [-0.4, -0.2) is 6.04 Å². The van der Waals surface area contributed by atoms with Crippen molar-refractivity contribution in [3.63, 3.8) is 0 Å². The molecular weight excluding hydrogens is 237 g/mol. The molecule has 1 atom stereocenters. The first-order chi connectivity index (χ1) is 9.22. The maximum absolute atomic E-state index is 13.1. The van der Waals surface area contributed by atoms with Crippen molar-refractivity contribution in [2.45, 2.75) is 32.2 Å². The predicted octanol–water partition coefficient (Wildman–Crippen LogP) is 4.10. The second-order valence-corrected chi connectivity index (χ2v) is 5.31. The lowest BCUT2D eigenvalue weighted by Gasteiger charge is -2.27. The van der Waals surface area contributed by atoms with Crippen molar-refractivity contribution in [2.75, 3.05) is 5.32 Å². The molecule has 0 aromatic heterocycles. The van der Waals surface area contributed by atoms with Gasteiger partial charge in [-0.15, -0.1) is 0 Å². The van der Waals surface area contributed by atoms with Crippen LogP contribution in [-0.2, 0) is 12.8 Å². The number of benzene rings is 2. The Morgan fingerprint density at radius 2 is 1.89 bits per heavy atom. The van der Waals surface area contributed by atoms with Crippen LogP contribution in [0.5, 0.6) is 0 Å². The highest BCUT2D eigenvalue weighted by Crippen LogP contribution is 2.25. The molecule has 2 aromatic rings. The van der Waals surface area contributed by atoms with Crippen LogP contribution in [0.25, 0.3) is 0 Å². The molecule has 2 heteroatoms. The number of rotatable bonds is 2. The van der Waals surface area contributed by atoms with E-state index < -0.39 is 0 Å². The number of anilines is 1. The third-order valence-corrected chi connectivity index (χ3v) is 3.89. The fraction of sp³-hybridized carbons (Fsp3) is 0.294. The first-order valence-corrected chi connectivity index (χ1v) is 6.82. The van der Waals surface area contributed by atoms with Gasteiger partial charge >= 0.3 is 0 Å². The molecule has 0 saturated carbocycles. The van der Waals surface area contributed by atoms with Crippen molar-refractivity contribution in [1.82, 2.24) is 0 Å². The molecule has 2 aromatic carbocycles. The molecule has 3 rings (SSSR count).